The van der Waals surface area contributed by atoms with E-state index in [9.17, 15) is 0 Å². The van der Waals surface area contributed by atoms with Crippen LogP contribution in [-0.2, 0) is 0 Å². The molecule has 0 saturated heterocycles. The Bertz CT molecular complexity index is 322. The maximum atomic E-state index is 6.96. The predicted molar refractivity (Wildman–Crippen MR) is 65.8 cm³/mol. The van der Waals surface area contributed by atoms with E-state index in [0.717, 1.165) is 25.1 Å². The average Bonchev–Trinajstić information content (AvgIpc) is 2.25. The molecule has 1 aromatic carbocycles. The summed E-state index contributed by atoms with van der Waals surface area (Å²) < 4.78 is 5.56. The Labute approximate surface area is 96.3 Å². The molecule has 0 unspecified atom stereocenters. The molecular weight excluding hydrogens is 202 g/mol. The molecule has 0 aromatic heterocycles. The van der Waals surface area contributed by atoms with Gasteiger partial charge < -0.3 is 15.8 Å². The van der Waals surface area contributed by atoms with Crippen LogP contribution in [-0.4, -0.2) is 19.1 Å². The highest BCUT2D eigenvalue weighted by atomic mass is 16.5. The van der Waals surface area contributed by atoms with E-state index in [2.05, 4.69) is 12.2 Å². The second-order valence-corrected chi connectivity index (χ2v) is 3.71. The number of nitrogens with one attached hydrogen (secondary N) is 2. The topological polar surface area (TPSA) is 71.1 Å². The second-order valence-electron chi connectivity index (χ2n) is 3.71. The minimum Gasteiger partial charge on any atom is -0.494 e. The number of hydrogen-bond acceptors (Lipinski definition) is 2. The van der Waals surface area contributed by atoms with Crippen LogP contribution in [0.2, 0.25) is 0 Å². The van der Waals surface area contributed by atoms with Gasteiger partial charge in [0.15, 0.2) is 5.96 Å². The summed E-state index contributed by atoms with van der Waals surface area (Å²) in [5.74, 6) is 0.935. The first-order valence-electron chi connectivity index (χ1n) is 5.46. The lowest BCUT2D eigenvalue weighted by molar-refractivity contribution is 0.307. The van der Waals surface area contributed by atoms with Gasteiger partial charge in [0.25, 0.3) is 0 Å². The standard InChI is InChI=1S/C12H19N3O/c1-10-4-6-11(7-5-10)16-9-3-2-8-15-12(13)14/h4-7H,2-3,8-9H2,1H3,(H4,13,14,15). The van der Waals surface area contributed by atoms with Crippen molar-refractivity contribution >= 4 is 5.96 Å². The molecule has 0 aliphatic heterocycles. The van der Waals surface area contributed by atoms with Gasteiger partial charge in [-0.3, -0.25) is 5.41 Å². The molecule has 0 aliphatic carbocycles. The Hall–Kier alpha value is -1.71. The maximum absolute atomic E-state index is 6.96. The third kappa shape index (κ3) is 5.24. The first kappa shape index (κ1) is 12.4. The van der Waals surface area contributed by atoms with Gasteiger partial charge in [-0.25, -0.2) is 0 Å². The van der Waals surface area contributed by atoms with E-state index < -0.39 is 0 Å². The van der Waals surface area contributed by atoms with E-state index in [1.165, 1.54) is 5.56 Å². The molecule has 0 saturated carbocycles. The number of aryl methyl sites for hydroxylation is 1. The molecule has 0 atom stereocenters. The molecule has 1 aromatic rings. The van der Waals surface area contributed by atoms with Crippen molar-refractivity contribution < 1.29 is 4.74 Å². The molecular formula is C12H19N3O. The Morgan fingerprint density at radius 2 is 2.00 bits per heavy atom. The highest BCUT2D eigenvalue weighted by Crippen LogP contribution is 2.11. The fourth-order valence-corrected chi connectivity index (χ4v) is 1.27. The van der Waals surface area contributed by atoms with E-state index in [4.69, 9.17) is 15.9 Å². The third-order valence-corrected chi connectivity index (χ3v) is 2.18. The lowest BCUT2D eigenvalue weighted by Gasteiger charge is -2.06. The van der Waals surface area contributed by atoms with Crippen molar-refractivity contribution in [3.63, 3.8) is 0 Å². The molecule has 16 heavy (non-hydrogen) atoms. The van der Waals surface area contributed by atoms with Gasteiger partial charge in [0, 0.05) is 6.54 Å². The van der Waals surface area contributed by atoms with Crippen molar-refractivity contribution in [2.24, 2.45) is 5.73 Å². The van der Waals surface area contributed by atoms with Crippen LogP contribution in [0.4, 0.5) is 0 Å². The number of guanidine groups is 1. The van der Waals surface area contributed by atoms with Gasteiger partial charge in [-0.05, 0) is 31.9 Å². The van der Waals surface area contributed by atoms with Crippen molar-refractivity contribution in [2.45, 2.75) is 19.8 Å². The predicted octanol–water partition coefficient (Wildman–Crippen LogP) is 1.64. The quantitative estimate of drug-likeness (QED) is 0.388. The van der Waals surface area contributed by atoms with Crippen molar-refractivity contribution in [3.8, 4) is 5.75 Å². The fourth-order valence-electron chi connectivity index (χ4n) is 1.27. The molecule has 0 bridgehead atoms. The van der Waals surface area contributed by atoms with Gasteiger partial charge in [0.2, 0.25) is 0 Å². The maximum Gasteiger partial charge on any atom is 0.185 e. The van der Waals surface area contributed by atoms with Gasteiger partial charge >= 0.3 is 0 Å². The zero-order valence-corrected chi connectivity index (χ0v) is 9.62. The number of nitrogens with two attached hydrogens (primary N) is 1. The van der Waals surface area contributed by atoms with Gasteiger partial charge in [0.1, 0.15) is 5.75 Å². The van der Waals surface area contributed by atoms with Gasteiger partial charge in [0.05, 0.1) is 6.61 Å². The van der Waals surface area contributed by atoms with E-state index >= 15 is 0 Å². The van der Waals surface area contributed by atoms with E-state index in [-0.39, 0.29) is 5.96 Å². The van der Waals surface area contributed by atoms with Crippen molar-refractivity contribution in [1.29, 1.82) is 5.41 Å². The lowest BCUT2D eigenvalue weighted by atomic mass is 10.2. The monoisotopic (exact) mass is 221 g/mol. The molecule has 0 heterocycles. The van der Waals surface area contributed by atoms with Gasteiger partial charge in [-0.2, -0.15) is 0 Å². The minimum atomic E-state index is 0.0273. The number of hydrogen-bond donors (Lipinski definition) is 3. The molecule has 4 heteroatoms. The van der Waals surface area contributed by atoms with Crippen molar-refractivity contribution in [1.82, 2.24) is 5.32 Å². The van der Waals surface area contributed by atoms with Crippen LogP contribution in [0.15, 0.2) is 24.3 Å². The summed E-state index contributed by atoms with van der Waals surface area (Å²) >= 11 is 0. The largest absolute Gasteiger partial charge is 0.494 e. The zero-order chi connectivity index (χ0) is 11.8. The average molecular weight is 221 g/mol. The molecule has 0 amide bonds. The van der Waals surface area contributed by atoms with Gasteiger partial charge in [-0.15, -0.1) is 0 Å². The SMILES string of the molecule is Cc1ccc(OCCCCNC(=N)N)cc1. The smallest absolute Gasteiger partial charge is 0.185 e. The molecule has 0 aliphatic rings. The number of unbranched alkanes of at least 4 members (excludes halogenated alkanes) is 1. The van der Waals surface area contributed by atoms with Crippen molar-refractivity contribution in [2.75, 3.05) is 13.2 Å². The number of ether oxygens (including phenoxy) is 1. The van der Waals surface area contributed by atoms with Crippen LogP contribution in [0.5, 0.6) is 5.75 Å². The molecule has 0 spiro atoms. The summed E-state index contributed by atoms with van der Waals surface area (Å²) in [6.45, 7) is 3.48. The van der Waals surface area contributed by atoms with Crippen LogP contribution >= 0.6 is 0 Å². The summed E-state index contributed by atoms with van der Waals surface area (Å²) in [5, 5.41) is 9.72. The normalized spacial score (nSPS) is 9.81. The molecule has 4 nitrogen and oxygen atoms in total. The summed E-state index contributed by atoms with van der Waals surface area (Å²) in [6, 6.07) is 8.02. The fraction of sp³-hybridized carbons (Fsp3) is 0.417. The second kappa shape index (κ2) is 6.71. The summed E-state index contributed by atoms with van der Waals surface area (Å²) in [7, 11) is 0. The van der Waals surface area contributed by atoms with Crippen LogP contribution in [0, 0.1) is 12.3 Å². The number of rotatable bonds is 6. The Morgan fingerprint density at radius 1 is 1.31 bits per heavy atom. The Balaban J connectivity index is 2.07. The Kier molecular flexibility index (Phi) is 5.19. The number of benzene rings is 1. The van der Waals surface area contributed by atoms with E-state index in [1.54, 1.807) is 0 Å². The van der Waals surface area contributed by atoms with Crippen LogP contribution < -0.4 is 15.8 Å². The van der Waals surface area contributed by atoms with E-state index in [0.29, 0.717) is 6.61 Å². The minimum absolute atomic E-state index is 0.0273. The van der Waals surface area contributed by atoms with Crippen LogP contribution in [0.25, 0.3) is 0 Å². The molecule has 0 radical (unpaired) electrons. The summed E-state index contributed by atoms with van der Waals surface area (Å²) in [6.07, 6.45) is 1.90. The van der Waals surface area contributed by atoms with Crippen LogP contribution in [0.1, 0.15) is 18.4 Å². The van der Waals surface area contributed by atoms with Crippen LogP contribution in [0.3, 0.4) is 0 Å². The zero-order valence-electron chi connectivity index (χ0n) is 9.62. The summed E-state index contributed by atoms with van der Waals surface area (Å²) in [4.78, 5) is 0. The Morgan fingerprint density at radius 3 is 2.62 bits per heavy atom. The molecule has 4 N–H and O–H groups in total. The molecule has 0 fully saturated rings. The molecule has 88 valence electrons. The first-order valence-corrected chi connectivity index (χ1v) is 5.46. The lowest BCUT2D eigenvalue weighted by Crippen LogP contribution is -2.31. The highest BCUT2D eigenvalue weighted by molar-refractivity contribution is 5.74. The first-order chi connectivity index (χ1) is 7.68. The molecule has 1 rings (SSSR count). The van der Waals surface area contributed by atoms with E-state index in [1.807, 2.05) is 24.3 Å². The van der Waals surface area contributed by atoms with Gasteiger partial charge in [-0.1, -0.05) is 17.7 Å². The summed E-state index contributed by atoms with van der Waals surface area (Å²) in [5.41, 5.74) is 6.39. The highest BCUT2D eigenvalue weighted by Gasteiger charge is 1.93. The van der Waals surface area contributed by atoms with Crippen molar-refractivity contribution in [3.05, 3.63) is 29.8 Å². The third-order valence-electron chi connectivity index (χ3n) is 2.18.